The molecule has 2 saturated heterocycles. The van der Waals surface area contributed by atoms with Gasteiger partial charge in [-0.05, 0) is 12.2 Å². The van der Waals surface area contributed by atoms with E-state index >= 15 is 0 Å². The number of nitrogens with one attached hydrogen (secondary N) is 1. The van der Waals surface area contributed by atoms with Crippen molar-refractivity contribution in [1.82, 2.24) is 10.2 Å². The highest BCUT2D eigenvalue weighted by atomic mass is 32.2. The highest BCUT2D eigenvalue weighted by molar-refractivity contribution is 7.99. The van der Waals surface area contributed by atoms with Crippen molar-refractivity contribution in [3.8, 4) is 0 Å². The Hall–Kier alpha value is 0.270. The van der Waals surface area contributed by atoms with Gasteiger partial charge in [0, 0.05) is 37.5 Å². The molecule has 76 valence electrons. The van der Waals surface area contributed by atoms with E-state index in [-0.39, 0.29) is 0 Å². The predicted octanol–water partition coefficient (Wildman–Crippen LogP) is 1.03. The van der Waals surface area contributed by atoms with Crippen molar-refractivity contribution in [3.05, 3.63) is 0 Å². The summed E-state index contributed by atoms with van der Waals surface area (Å²) in [6.45, 7) is 7.42. The van der Waals surface area contributed by atoms with Crippen LogP contribution >= 0.6 is 11.8 Å². The molecule has 2 heterocycles. The fraction of sp³-hybridized carbons (Fsp3) is 1.00. The molecule has 0 aliphatic carbocycles. The van der Waals surface area contributed by atoms with Crippen LogP contribution in [0.4, 0.5) is 0 Å². The predicted molar refractivity (Wildman–Crippen MR) is 59.3 cm³/mol. The van der Waals surface area contributed by atoms with Gasteiger partial charge in [0.15, 0.2) is 0 Å². The highest BCUT2D eigenvalue weighted by Gasteiger charge is 2.37. The van der Waals surface area contributed by atoms with Crippen LogP contribution in [0.25, 0.3) is 0 Å². The van der Waals surface area contributed by atoms with Gasteiger partial charge >= 0.3 is 0 Å². The van der Waals surface area contributed by atoms with Crippen LogP contribution in [0.2, 0.25) is 0 Å². The fourth-order valence-electron chi connectivity index (χ4n) is 2.38. The number of nitrogens with zero attached hydrogens (tertiary/aromatic N) is 1. The average Bonchev–Trinajstić information content (AvgIpc) is 2.50. The van der Waals surface area contributed by atoms with Crippen LogP contribution in [-0.4, -0.2) is 48.6 Å². The molecular formula is C10H20N2S. The van der Waals surface area contributed by atoms with Crippen molar-refractivity contribution in [2.75, 3.05) is 32.4 Å². The van der Waals surface area contributed by atoms with Gasteiger partial charge < -0.3 is 5.32 Å². The van der Waals surface area contributed by atoms with Crippen LogP contribution < -0.4 is 5.32 Å². The van der Waals surface area contributed by atoms with E-state index in [1.165, 1.54) is 32.6 Å². The van der Waals surface area contributed by atoms with Crippen LogP contribution in [0.3, 0.4) is 0 Å². The number of thioether (sulfide) groups is 1. The maximum atomic E-state index is 3.49. The third-order valence-electron chi connectivity index (χ3n) is 3.46. The lowest BCUT2D eigenvalue weighted by molar-refractivity contribution is 0.0607. The Morgan fingerprint density at radius 3 is 2.77 bits per heavy atom. The molecule has 2 atom stereocenters. The summed E-state index contributed by atoms with van der Waals surface area (Å²) >= 11 is 2.02. The van der Waals surface area contributed by atoms with E-state index in [4.69, 9.17) is 0 Å². The maximum absolute atomic E-state index is 3.49. The van der Waals surface area contributed by atoms with Gasteiger partial charge in [0.2, 0.25) is 0 Å². The summed E-state index contributed by atoms with van der Waals surface area (Å²) in [6, 6.07) is 0.817. The minimum Gasteiger partial charge on any atom is -0.314 e. The molecule has 2 rings (SSSR count). The summed E-state index contributed by atoms with van der Waals surface area (Å²) in [5, 5.41) is 4.32. The first-order chi connectivity index (χ1) is 6.35. The molecule has 1 N–H and O–H groups in total. The van der Waals surface area contributed by atoms with E-state index in [0.29, 0.717) is 0 Å². The standard InChI is InChI=1S/C10H20N2S/c1-3-8-6-12(7-8)9-4-11-5-10(9)13-2/h8-11H,3-7H2,1-2H3. The molecule has 0 spiro atoms. The largest absolute Gasteiger partial charge is 0.314 e. The number of rotatable bonds is 3. The summed E-state index contributed by atoms with van der Waals surface area (Å²) in [7, 11) is 0. The molecule has 0 radical (unpaired) electrons. The Balaban J connectivity index is 1.81. The van der Waals surface area contributed by atoms with Crippen molar-refractivity contribution < 1.29 is 0 Å². The molecule has 2 fully saturated rings. The Morgan fingerprint density at radius 2 is 2.15 bits per heavy atom. The SMILES string of the molecule is CCC1CN(C2CNCC2SC)C1. The Labute approximate surface area is 85.4 Å². The van der Waals surface area contributed by atoms with E-state index in [1.54, 1.807) is 0 Å². The fourth-order valence-corrected chi connectivity index (χ4v) is 3.25. The van der Waals surface area contributed by atoms with Crippen molar-refractivity contribution in [2.45, 2.75) is 24.6 Å². The van der Waals surface area contributed by atoms with E-state index in [2.05, 4.69) is 23.4 Å². The number of likely N-dealkylation sites (tertiary alicyclic amines) is 1. The summed E-state index contributed by atoms with van der Waals surface area (Å²) in [4.78, 5) is 2.66. The summed E-state index contributed by atoms with van der Waals surface area (Å²) in [5.74, 6) is 0.989. The molecule has 0 aromatic rings. The monoisotopic (exact) mass is 200 g/mol. The normalized spacial score (nSPS) is 36.5. The van der Waals surface area contributed by atoms with Gasteiger partial charge in [0.05, 0.1) is 0 Å². The van der Waals surface area contributed by atoms with E-state index < -0.39 is 0 Å². The first-order valence-electron chi connectivity index (χ1n) is 5.32. The quantitative estimate of drug-likeness (QED) is 0.732. The molecule has 3 heteroatoms. The molecule has 0 bridgehead atoms. The van der Waals surface area contributed by atoms with Crippen molar-refractivity contribution in [2.24, 2.45) is 5.92 Å². The van der Waals surface area contributed by atoms with Gasteiger partial charge in [-0.25, -0.2) is 0 Å². The van der Waals surface area contributed by atoms with Crippen LogP contribution in [0.1, 0.15) is 13.3 Å². The van der Waals surface area contributed by atoms with Crippen LogP contribution in [0.5, 0.6) is 0 Å². The lowest BCUT2D eigenvalue weighted by Crippen LogP contribution is -2.55. The van der Waals surface area contributed by atoms with Crippen molar-refractivity contribution in [3.63, 3.8) is 0 Å². The Bertz CT molecular complexity index is 168. The maximum Gasteiger partial charge on any atom is 0.0351 e. The molecule has 2 aliphatic heterocycles. The molecule has 2 nitrogen and oxygen atoms in total. The minimum atomic E-state index is 0.817. The van der Waals surface area contributed by atoms with E-state index in [0.717, 1.165) is 17.2 Å². The van der Waals surface area contributed by atoms with Gasteiger partial charge in [0.1, 0.15) is 0 Å². The van der Waals surface area contributed by atoms with Crippen LogP contribution in [0, 0.1) is 5.92 Å². The summed E-state index contributed by atoms with van der Waals surface area (Å²) < 4.78 is 0. The van der Waals surface area contributed by atoms with Gasteiger partial charge in [-0.2, -0.15) is 11.8 Å². The van der Waals surface area contributed by atoms with Gasteiger partial charge in [-0.15, -0.1) is 0 Å². The molecule has 13 heavy (non-hydrogen) atoms. The molecule has 0 aromatic heterocycles. The molecule has 0 aromatic carbocycles. The zero-order valence-electron chi connectivity index (χ0n) is 8.62. The van der Waals surface area contributed by atoms with Gasteiger partial charge in [-0.3, -0.25) is 4.90 Å². The van der Waals surface area contributed by atoms with Gasteiger partial charge in [0.25, 0.3) is 0 Å². The average molecular weight is 200 g/mol. The van der Waals surface area contributed by atoms with Crippen molar-refractivity contribution in [1.29, 1.82) is 0 Å². The molecular weight excluding hydrogens is 180 g/mol. The second-order valence-electron chi connectivity index (χ2n) is 4.23. The second-order valence-corrected chi connectivity index (χ2v) is 5.30. The molecule has 0 saturated carbocycles. The highest BCUT2D eigenvalue weighted by Crippen LogP contribution is 2.27. The Kier molecular flexibility index (Phi) is 3.17. The summed E-state index contributed by atoms with van der Waals surface area (Å²) in [6.07, 6.45) is 3.60. The second kappa shape index (κ2) is 4.20. The van der Waals surface area contributed by atoms with Gasteiger partial charge in [-0.1, -0.05) is 13.3 Å². The zero-order chi connectivity index (χ0) is 9.26. The third-order valence-corrected chi connectivity index (χ3v) is 4.55. The van der Waals surface area contributed by atoms with E-state index in [1.807, 2.05) is 11.8 Å². The lowest BCUT2D eigenvalue weighted by Gasteiger charge is -2.44. The topological polar surface area (TPSA) is 15.3 Å². The number of hydrogen-bond donors (Lipinski definition) is 1. The number of hydrogen-bond acceptors (Lipinski definition) is 3. The minimum absolute atomic E-state index is 0.817. The Morgan fingerprint density at radius 1 is 1.38 bits per heavy atom. The third kappa shape index (κ3) is 1.88. The van der Waals surface area contributed by atoms with E-state index in [9.17, 15) is 0 Å². The molecule has 2 aliphatic rings. The zero-order valence-corrected chi connectivity index (χ0v) is 9.44. The first kappa shape index (κ1) is 9.81. The summed E-state index contributed by atoms with van der Waals surface area (Å²) in [5.41, 5.74) is 0. The lowest BCUT2D eigenvalue weighted by atomic mass is 9.95. The van der Waals surface area contributed by atoms with Crippen LogP contribution in [-0.2, 0) is 0 Å². The van der Waals surface area contributed by atoms with Crippen LogP contribution in [0.15, 0.2) is 0 Å². The molecule has 2 unspecified atom stereocenters. The van der Waals surface area contributed by atoms with Crippen molar-refractivity contribution >= 4 is 11.8 Å². The smallest absolute Gasteiger partial charge is 0.0351 e. The first-order valence-corrected chi connectivity index (χ1v) is 6.61. The molecule has 0 amide bonds.